The summed E-state index contributed by atoms with van der Waals surface area (Å²) < 4.78 is 84.6. The van der Waals surface area contributed by atoms with Gasteiger partial charge in [0.15, 0.2) is 0 Å². The van der Waals surface area contributed by atoms with Crippen molar-refractivity contribution in [1.29, 1.82) is 0 Å². The molecular formula is C36H30F6N10O4S2. The molecule has 0 atom stereocenters. The lowest BCUT2D eigenvalue weighted by Crippen LogP contribution is -2.21. The highest BCUT2D eigenvalue weighted by atomic mass is 32.2. The van der Waals surface area contributed by atoms with Crippen molar-refractivity contribution in [3.8, 4) is 0 Å². The number of pyridine rings is 2. The molecule has 58 heavy (non-hydrogen) atoms. The SMILES string of the molecule is NCCSc1c(NC(=O)c2cccnc2)cc(C(F)(F)F)cc1NC(=O)c1cc(C(=O)Nc2cc(C(F)(F)F)cc(NC(=O)c3cccnc3)c2SCCN)ncn1. The number of aromatic nitrogens is 4. The Morgan fingerprint density at radius 1 is 0.569 bits per heavy atom. The molecule has 0 bridgehead atoms. The number of carbonyl (C=O) groups is 4. The first-order chi connectivity index (χ1) is 27.6. The van der Waals surface area contributed by atoms with Crippen LogP contribution in [0, 0.1) is 0 Å². The average molecular weight is 845 g/mol. The van der Waals surface area contributed by atoms with Crippen molar-refractivity contribution < 1.29 is 45.5 Å². The Morgan fingerprint density at radius 2 is 0.931 bits per heavy atom. The smallest absolute Gasteiger partial charge is 0.330 e. The maximum Gasteiger partial charge on any atom is 0.416 e. The van der Waals surface area contributed by atoms with E-state index in [0.29, 0.717) is 24.3 Å². The summed E-state index contributed by atoms with van der Waals surface area (Å²) >= 11 is 1.87. The van der Waals surface area contributed by atoms with Gasteiger partial charge in [0, 0.05) is 55.4 Å². The zero-order valence-corrected chi connectivity index (χ0v) is 31.2. The van der Waals surface area contributed by atoms with Gasteiger partial charge < -0.3 is 32.7 Å². The van der Waals surface area contributed by atoms with Crippen LogP contribution in [0.5, 0.6) is 0 Å². The van der Waals surface area contributed by atoms with Crippen LogP contribution in [0.15, 0.2) is 95.5 Å². The molecule has 22 heteroatoms. The summed E-state index contributed by atoms with van der Waals surface area (Å²) in [6.07, 6.45) is -3.88. The number of thioether (sulfide) groups is 2. The average Bonchev–Trinajstić information content (AvgIpc) is 3.20. The molecule has 0 unspecified atom stereocenters. The van der Waals surface area contributed by atoms with Crippen LogP contribution in [0.2, 0.25) is 0 Å². The maximum absolute atomic E-state index is 14.1. The molecule has 0 radical (unpaired) electrons. The van der Waals surface area contributed by atoms with E-state index in [1.54, 1.807) is 0 Å². The third-order valence-corrected chi connectivity index (χ3v) is 9.87. The van der Waals surface area contributed by atoms with Gasteiger partial charge in [0.1, 0.15) is 17.7 Å². The van der Waals surface area contributed by atoms with Gasteiger partial charge in [-0.05, 0) is 48.5 Å². The normalized spacial score (nSPS) is 11.4. The number of halogens is 6. The lowest BCUT2D eigenvalue weighted by Gasteiger charge is -2.19. The quantitative estimate of drug-likeness (QED) is 0.0527. The minimum atomic E-state index is -4.93. The Kier molecular flexibility index (Phi) is 14.0. The van der Waals surface area contributed by atoms with E-state index < -0.39 is 69.9 Å². The molecule has 4 amide bonds. The van der Waals surface area contributed by atoms with Crippen molar-refractivity contribution in [3.05, 3.63) is 119 Å². The van der Waals surface area contributed by atoms with E-state index in [4.69, 9.17) is 11.5 Å². The number of amides is 4. The Bertz CT molecular complexity index is 2150. The largest absolute Gasteiger partial charge is 0.416 e. The number of nitrogens with two attached hydrogens (primary N) is 2. The Balaban J connectivity index is 1.48. The van der Waals surface area contributed by atoms with E-state index in [1.807, 2.05) is 0 Å². The number of hydrogen-bond acceptors (Lipinski definition) is 12. The topological polar surface area (TPSA) is 220 Å². The zero-order valence-electron chi connectivity index (χ0n) is 29.6. The Labute approximate surface area is 333 Å². The molecule has 302 valence electrons. The van der Waals surface area contributed by atoms with Crippen molar-refractivity contribution in [2.75, 3.05) is 45.9 Å². The lowest BCUT2D eigenvalue weighted by atomic mass is 10.1. The first-order valence-corrected chi connectivity index (χ1v) is 18.6. The number of nitrogens with one attached hydrogen (secondary N) is 4. The van der Waals surface area contributed by atoms with Crippen LogP contribution in [0.25, 0.3) is 0 Å². The summed E-state index contributed by atoms with van der Waals surface area (Å²) in [5.41, 5.74) is 6.46. The maximum atomic E-state index is 14.1. The van der Waals surface area contributed by atoms with Gasteiger partial charge in [-0.15, -0.1) is 23.5 Å². The number of hydrogen-bond donors (Lipinski definition) is 6. The molecule has 0 aliphatic rings. The molecule has 2 aromatic carbocycles. The Hall–Kier alpha value is -6.10. The monoisotopic (exact) mass is 844 g/mol. The van der Waals surface area contributed by atoms with Gasteiger partial charge >= 0.3 is 12.4 Å². The van der Waals surface area contributed by atoms with Crippen molar-refractivity contribution in [3.63, 3.8) is 0 Å². The van der Waals surface area contributed by atoms with E-state index >= 15 is 0 Å². The summed E-state index contributed by atoms with van der Waals surface area (Å²) in [6, 6.07) is 9.22. The van der Waals surface area contributed by atoms with Gasteiger partial charge in [-0.1, -0.05) is 0 Å². The third kappa shape index (κ3) is 11.1. The molecule has 0 fully saturated rings. The number of carbonyl (C=O) groups excluding carboxylic acids is 4. The molecule has 0 spiro atoms. The first-order valence-electron chi connectivity index (χ1n) is 16.6. The Morgan fingerprint density at radius 3 is 1.24 bits per heavy atom. The van der Waals surface area contributed by atoms with Crippen LogP contribution in [-0.4, -0.2) is 68.2 Å². The summed E-state index contributed by atoms with van der Waals surface area (Å²) in [5, 5.41) is 9.54. The molecule has 3 aromatic heterocycles. The van der Waals surface area contributed by atoms with Crippen molar-refractivity contribution in [1.82, 2.24) is 19.9 Å². The third-order valence-electron chi connectivity index (χ3n) is 7.53. The highest BCUT2D eigenvalue weighted by molar-refractivity contribution is 7.99. The standard InChI is InChI=1S/C36H30F6N10O4S2/c37-35(38,39)21-11-23(49-31(53)19-3-1-7-45-16-19)29(57-9-5-43)25(13-21)51-33(55)27-15-28(48-18-47-27)34(56)52-26-14-22(36(40,41)42)12-24(30(26)58-10-6-44)50-32(54)20-4-2-8-46-17-20/h1-4,7-8,11-18H,5-6,9-10,43-44H2,(H,49,53)(H,50,54)(H,51,55)(H,52,56). The molecule has 0 aliphatic heterocycles. The highest BCUT2D eigenvalue weighted by Gasteiger charge is 2.35. The van der Waals surface area contributed by atoms with Crippen LogP contribution in [0.4, 0.5) is 49.1 Å². The van der Waals surface area contributed by atoms with Gasteiger partial charge in [-0.3, -0.25) is 29.1 Å². The van der Waals surface area contributed by atoms with Gasteiger partial charge in [0.05, 0.1) is 54.8 Å². The lowest BCUT2D eigenvalue weighted by molar-refractivity contribution is -0.138. The molecule has 0 saturated carbocycles. The van der Waals surface area contributed by atoms with Gasteiger partial charge in [-0.2, -0.15) is 26.3 Å². The molecule has 14 nitrogen and oxygen atoms in total. The molecular weight excluding hydrogens is 815 g/mol. The van der Waals surface area contributed by atoms with Crippen molar-refractivity contribution in [2.45, 2.75) is 22.1 Å². The van der Waals surface area contributed by atoms with Crippen LogP contribution in [0.1, 0.15) is 52.8 Å². The minimum Gasteiger partial charge on any atom is -0.330 e. The van der Waals surface area contributed by atoms with Gasteiger partial charge in [-0.25, -0.2) is 9.97 Å². The summed E-state index contributed by atoms with van der Waals surface area (Å²) in [5.74, 6) is -3.52. The van der Waals surface area contributed by atoms with E-state index in [0.717, 1.165) is 35.9 Å². The van der Waals surface area contributed by atoms with Gasteiger partial charge in [0.2, 0.25) is 0 Å². The predicted molar refractivity (Wildman–Crippen MR) is 205 cm³/mol. The van der Waals surface area contributed by atoms with Crippen LogP contribution >= 0.6 is 23.5 Å². The highest BCUT2D eigenvalue weighted by Crippen LogP contribution is 2.43. The number of benzene rings is 2. The second-order valence-corrected chi connectivity index (χ2v) is 13.9. The zero-order chi connectivity index (χ0) is 42.0. The fourth-order valence-corrected chi connectivity index (χ4v) is 6.66. The van der Waals surface area contributed by atoms with E-state index in [1.165, 1.54) is 49.1 Å². The van der Waals surface area contributed by atoms with E-state index in [-0.39, 0.29) is 56.9 Å². The number of rotatable bonds is 14. The summed E-state index contributed by atoms with van der Waals surface area (Å²) in [4.78, 5) is 68.4. The molecule has 5 aromatic rings. The van der Waals surface area contributed by atoms with E-state index in [2.05, 4.69) is 41.2 Å². The van der Waals surface area contributed by atoms with Crippen molar-refractivity contribution in [2.24, 2.45) is 11.5 Å². The number of anilines is 4. The second kappa shape index (κ2) is 18.9. The van der Waals surface area contributed by atoms with Gasteiger partial charge in [0.25, 0.3) is 23.6 Å². The molecule has 5 rings (SSSR count). The molecule has 8 N–H and O–H groups in total. The molecule has 0 aliphatic carbocycles. The number of alkyl halides is 6. The summed E-state index contributed by atoms with van der Waals surface area (Å²) in [6.45, 7) is 0.131. The fraction of sp³-hybridized carbons (Fsp3) is 0.167. The molecule has 0 saturated heterocycles. The minimum absolute atomic E-state index is 0.00883. The van der Waals surface area contributed by atoms with Crippen LogP contribution in [0.3, 0.4) is 0 Å². The summed E-state index contributed by atoms with van der Waals surface area (Å²) in [7, 11) is 0. The van der Waals surface area contributed by atoms with Crippen LogP contribution in [-0.2, 0) is 12.4 Å². The van der Waals surface area contributed by atoms with Crippen LogP contribution < -0.4 is 32.7 Å². The predicted octanol–water partition coefficient (Wildman–Crippen LogP) is 6.42. The van der Waals surface area contributed by atoms with Crippen molar-refractivity contribution >= 4 is 69.9 Å². The second-order valence-electron chi connectivity index (χ2n) is 11.7. The first kappa shape index (κ1) is 43.0. The molecule has 3 heterocycles. The van der Waals surface area contributed by atoms with E-state index in [9.17, 15) is 45.5 Å². The fourth-order valence-electron chi connectivity index (χ4n) is 4.95. The number of nitrogens with zero attached hydrogens (tertiary/aromatic N) is 4.